The number of piperidine rings is 1. The molecule has 0 aliphatic carbocycles. The van der Waals surface area contributed by atoms with Gasteiger partial charge in [-0.1, -0.05) is 29.0 Å². The summed E-state index contributed by atoms with van der Waals surface area (Å²) in [6.45, 7) is 1.24. The molecule has 0 bridgehead atoms. The number of methoxy groups -OCH3 is 1. The highest BCUT2D eigenvalue weighted by molar-refractivity contribution is 7.20. The molecule has 0 N–H and O–H groups in total. The lowest BCUT2D eigenvalue weighted by atomic mass is 10.1. The van der Waals surface area contributed by atoms with E-state index in [-0.39, 0.29) is 12.0 Å². The zero-order valence-electron chi connectivity index (χ0n) is 15.0. The van der Waals surface area contributed by atoms with Gasteiger partial charge in [0.2, 0.25) is 5.88 Å². The molecule has 0 spiro atoms. The molecule has 0 unspecified atom stereocenters. The van der Waals surface area contributed by atoms with Crippen molar-refractivity contribution >= 4 is 39.1 Å². The van der Waals surface area contributed by atoms with Crippen LogP contribution in [0.1, 0.15) is 23.2 Å². The van der Waals surface area contributed by atoms with E-state index in [1.807, 2.05) is 23.1 Å². The fourth-order valence-electron chi connectivity index (χ4n) is 3.20. The second-order valence-electron chi connectivity index (χ2n) is 6.40. The van der Waals surface area contributed by atoms with Crippen LogP contribution in [0.3, 0.4) is 0 Å². The van der Waals surface area contributed by atoms with Crippen molar-refractivity contribution in [3.63, 3.8) is 0 Å². The van der Waals surface area contributed by atoms with Crippen molar-refractivity contribution < 1.29 is 14.3 Å². The molecule has 0 atom stereocenters. The Labute approximate surface area is 165 Å². The number of halogens is 1. The second kappa shape index (κ2) is 7.36. The number of rotatable bonds is 4. The fourth-order valence-corrected chi connectivity index (χ4v) is 4.38. The van der Waals surface area contributed by atoms with Gasteiger partial charge in [0.15, 0.2) is 0 Å². The Morgan fingerprint density at radius 3 is 2.81 bits per heavy atom. The van der Waals surface area contributed by atoms with Gasteiger partial charge >= 0.3 is 0 Å². The van der Waals surface area contributed by atoms with Crippen LogP contribution in [0.5, 0.6) is 11.1 Å². The van der Waals surface area contributed by atoms with Crippen LogP contribution in [-0.4, -0.2) is 51.9 Å². The number of thiazole rings is 1. The first-order valence-electron chi connectivity index (χ1n) is 8.64. The molecule has 3 heterocycles. The number of fused-ring (bicyclic) bond motifs is 1. The normalized spacial score (nSPS) is 15.3. The molecule has 1 aliphatic heterocycles. The van der Waals surface area contributed by atoms with Gasteiger partial charge in [0, 0.05) is 39.2 Å². The Morgan fingerprint density at radius 1 is 1.33 bits per heavy atom. The maximum atomic E-state index is 12.7. The SMILES string of the molecule is COc1nn(C)cc1C(=O)N1CCC(Oc2nc3c(Cl)cccc3s2)CC1. The van der Waals surface area contributed by atoms with Crippen LogP contribution in [0.4, 0.5) is 0 Å². The monoisotopic (exact) mass is 406 g/mol. The molecule has 3 aromatic rings. The number of carbonyl (C=O) groups excluding carboxylic acids is 1. The van der Waals surface area contributed by atoms with Crippen LogP contribution in [0, 0.1) is 0 Å². The van der Waals surface area contributed by atoms with E-state index in [1.165, 1.54) is 18.4 Å². The Balaban J connectivity index is 1.39. The van der Waals surface area contributed by atoms with Gasteiger partial charge in [-0.2, -0.15) is 0 Å². The van der Waals surface area contributed by atoms with Gasteiger partial charge in [-0.15, -0.1) is 5.10 Å². The minimum Gasteiger partial charge on any atom is -0.479 e. The number of para-hydroxylation sites is 1. The van der Waals surface area contributed by atoms with Crippen LogP contribution in [-0.2, 0) is 7.05 Å². The van der Waals surface area contributed by atoms with E-state index in [4.69, 9.17) is 21.1 Å². The molecule has 0 radical (unpaired) electrons. The third-order valence-electron chi connectivity index (χ3n) is 4.57. The summed E-state index contributed by atoms with van der Waals surface area (Å²) in [6.07, 6.45) is 3.22. The van der Waals surface area contributed by atoms with E-state index in [1.54, 1.807) is 17.9 Å². The quantitative estimate of drug-likeness (QED) is 0.664. The van der Waals surface area contributed by atoms with Gasteiger partial charge < -0.3 is 14.4 Å². The van der Waals surface area contributed by atoms with E-state index in [0.717, 1.165) is 23.1 Å². The molecule has 1 amide bonds. The lowest BCUT2D eigenvalue weighted by molar-refractivity contribution is 0.0592. The fraction of sp³-hybridized carbons (Fsp3) is 0.389. The number of likely N-dealkylation sites (tertiary alicyclic amines) is 1. The van der Waals surface area contributed by atoms with Crippen LogP contribution >= 0.6 is 22.9 Å². The Kier molecular flexibility index (Phi) is 4.92. The summed E-state index contributed by atoms with van der Waals surface area (Å²) in [5.74, 6) is 0.289. The van der Waals surface area contributed by atoms with Gasteiger partial charge in [0.1, 0.15) is 17.2 Å². The molecule has 1 saturated heterocycles. The predicted octanol–water partition coefficient (Wildman–Crippen LogP) is 3.38. The van der Waals surface area contributed by atoms with Gasteiger partial charge in [0.05, 0.1) is 16.8 Å². The topological polar surface area (TPSA) is 69.5 Å². The van der Waals surface area contributed by atoms with Gasteiger partial charge in [-0.25, -0.2) is 4.98 Å². The summed E-state index contributed by atoms with van der Waals surface area (Å²) in [5.41, 5.74) is 1.26. The van der Waals surface area contributed by atoms with Crippen molar-refractivity contribution in [1.29, 1.82) is 0 Å². The molecule has 1 fully saturated rings. The summed E-state index contributed by atoms with van der Waals surface area (Å²) in [5, 5.41) is 5.40. The molecule has 1 aromatic carbocycles. The van der Waals surface area contributed by atoms with Crippen molar-refractivity contribution in [2.75, 3.05) is 20.2 Å². The van der Waals surface area contributed by atoms with E-state index in [2.05, 4.69) is 10.1 Å². The number of benzene rings is 1. The average Bonchev–Trinajstić information content (AvgIpc) is 3.25. The van der Waals surface area contributed by atoms with Crippen molar-refractivity contribution in [2.24, 2.45) is 7.05 Å². The Bertz CT molecular complexity index is 978. The lowest BCUT2D eigenvalue weighted by Crippen LogP contribution is -2.41. The van der Waals surface area contributed by atoms with Crippen molar-refractivity contribution in [2.45, 2.75) is 18.9 Å². The number of aryl methyl sites for hydroxylation is 1. The Morgan fingerprint density at radius 2 is 2.11 bits per heavy atom. The summed E-state index contributed by atoms with van der Waals surface area (Å²) < 4.78 is 13.8. The maximum Gasteiger partial charge on any atom is 0.274 e. The average molecular weight is 407 g/mol. The van der Waals surface area contributed by atoms with Crippen LogP contribution in [0.25, 0.3) is 10.2 Å². The number of hydrogen-bond donors (Lipinski definition) is 0. The van der Waals surface area contributed by atoms with Crippen LogP contribution in [0.2, 0.25) is 5.02 Å². The van der Waals surface area contributed by atoms with Crippen molar-refractivity contribution in [3.05, 3.63) is 35.0 Å². The number of nitrogens with zero attached hydrogens (tertiary/aromatic N) is 4. The van der Waals surface area contributed by atoms with Gasteiger partial charge in [-0.3, -0.25) is 9.48 Å². The summed E-state index contributed by atoms with van der Waals surface area (Å²) in [4.78, 5) is 19.0. The van der Waals surface area contributed by atoms with Crippen molar-refractivity contribution in [1.82, 2.24) is 19.7 Å². The highest BCUT2D eigenvalue weighted by atomic mass is 35.5. The number of carbonyl (C=O) groups is 1. The molecule has 0 saturated carbocycles. The highest BCUT2D eigenvalue weighted by Crippen LogP contribution is 2.33. The minimum absolute atomic E-state index is 0.0316. The molecule has 7 nitrogen and oxygen atoms in total. The molecular weight excluding hydrogens is 388 g/mol. The van der Waals surface area contributed by atoms with Crippen LogP contribution < -0.4 is 9.47 Å². The van der Waals surface area contributed by atoms with E-state index in [9.17, 15) is 4.79 Å². The number of ether oxygens (including phenoxy) is 2. The van der Waals surface area contributed by atoms with Gasteiger partial charge in [-0.05, 0) is 12.1 Å². The van der Waals surface area contributed by atoms with E-state index < -0.39 is 0 Å². The third-order valence-corrected chi connectivity index (χ3v) is 5.78. The lowest BCUT2D eigenvalue weighted by Gasteiger charge is -2.31. The van der Waals surface area contributed by atoms with Crippen molar-refractivity contribution in [3.8, 4) is 11.1 Å². The predicted molar refractivity (Wildman–Crippen MR) is 104 cm³/mol. The Hall–Kier alpha value is -2.32. The number of aromatic nitrogens is 3. The molecule has 1 aliphatic rings. The molecule has 4 rings (SSSR count). The first-order valence-corrected chi connectivity index (χ1v) is 9.83. The second-order valence-corrected chi connectivity index (χ2v) is 7.80. The van der Waals surface area contributed by atoms with E-state index >= 15 is 0 Å². The zero-order chi connectivity index (χ0) is 19.0. The largest absolute Gasteiger partial charge is 0.479 e. The molecule has 9 heteroatoms. The summed E-state index contributed by atoms with van der Waals surface area (Å²) >= 11 is 7.67. The standard InChI is InChI=1S/C18H19ClN4O3S/c1-22-10-12(16(21-22)25-2)17(24)23-8-6-11(7-9-23)26-18-20-15-13(19)4-3-5-14(15)27-18/h3-5,10-11H,6-9H2,1-2H3. The van der Waals surface area contributed by atoms with E-state index in [0.29, 0.717) is 34.7 Å². The highest BCUT2D eigenvalue weighted by Gasteiger charge is 2.28. The molecular formula is C18H19ClN4O3S. The molecule has 2 aromatic heterocycles. The minimum atomic E-state index is -0.0647. The van der Waals surface area contributed by atoms with Crippen LogP contribution in [0.15, 0.2) is 24.4 Å². The third kappa shape index (κ3) is 3.59. The first-order chi connectivity index (χ1) is 13.0. The molecule has 27 heavy (non-hydrogen) atoms. The molecule has 142 valence electrons. The summed E-state index contributed by atoms with van der Waals surface area (Å²) in [6, 6.07) is 5.71. The maximum absolute atomic E-state index is 12.7. The van der Waals surface area contributed by atoms with Gasteiger partial charge in [0.25, 0.3) is 11.1 Å². The number of hydrogen-bond acceptors (Lipinski definition) is 6. The zero-order valence-corrected chi connectivity index (χ0v) is 16.6. The number of amides is 1. The summed E-state index contributed by atoms with van der Waals surface area (Å²) in [7, 11) is 3.28. The smallest absolute Gasteiger partial charge is 0.274 e. The first kappa shape index (κ1) is 18.1.